The van der Waals surface area contributed by atoms with Gasteiger partial charge < -0.3 is 9.80 Å². The SMILES string of the molecule is CCN(CC)S(=O)(=O)c1ccc2nc(N3CCN(c4ccc(C(C)=O)cc4)CC3)cnc2c1. The first-order valence-electron chi connectivity index (χ1n) is 11.2. The van der Waals surface area contributed by atoms with Crippen LogP contribution in [-0.2, 0) is 10.0 Å². The van der Waals surface area contributed by atoms with Crippen molar-refractivity contribution in [1.82, 2.24) is 14.3 Å². The van der Waals surface area contributed by atoms with Gasteiger partial charge in [-0.25, -0.2) is 13.4 Å². The van der Waals surface area contributed by atoms with E-state index in [2.05, 4.69) is 14.8 Å². The van der Waals surface area contributed by atoms with Crippen molar-refractivity contribution in [3.63, 3.8) is 0 Å². The van der Waals surface area contributed by atoms with E-state index < -0.39 is 10.0 Å². The number of carbonyl (C=O) groups is 1. The van der Waals surface area contributed by atoms with Gasteiger partial charge in [-0.1, -0.05) is 13.8 Å². The zero-order valence-corrected chi connectivity index (χ0v) is 20.0. The Kier molecular flexibility index (Phi) is 6.62. The molecule has 1 aliphatic rings. The van der Waals surface area contributed by atoms with Crippen LogP contribution in [-0.4, -0.2) is 67.7 Å². The minimum atomic E-state index is -3.53. The number of aromatic nitrogens is 2. The molecule has 0 bridgehead atoms. The Hall–Kier alpha value is -3.04. The lowest BCUT2D eigenvalue weighted by atomic mass is 10.1. The number of benzene rings is 2. The molecule has 2 aromatic carbocycles. The van der Waals surface area contributed by atoms with Crippen LogP contribution in [0.2, 0.25) is 0 Å². The Balaban J connectivity index is 1.48. The quantitative estimate of drug-likeness (QED) is 0.493. The molecule has 0 aliphatic carbocycles. The van der Waals surface area contributed by atoms with E-state index in [0.29, 0.717) is 24.1 Å². The normalized spacial score (nSPS) is 14.8. The maximum absolute atomic E-state index is 12.8. The minimum Gasteiger partial charge on any atom is -0.368 e. The van der Waals surface area contributed by atoms with Crippen molar-refractivity contribution in [3.05, 3.63) is 54.2 Å². The first kappa shape index (κ1) is 23.1. The van der Waals surface area contributed by atoms with E-state index in [4.69, 9.17) is 4.98 Å². The summed E-state index contributed by atoms with van der Waals surface area (Å²) in [5.41, 5.74) is 3.06. The summed E-state index contributed by atoms with van der Waals surface area (Å²) < 4.78 is 27.0. The number of hydrogen-bond acceptors (Lipinski definition) is 7. The zero-order chi connectivity index (χ0) is 23.6. The molecular weight excluding hydrogens is 438 g/mol. The fraction of sp³-hybridized carbons (Fsp3) is 0.375. The maximum Gasteiger partial charge on any atom is 0.243 e. The van der Waals surface area contributed by atoms with E-state index in [1.165, 1.54) is 4.31 Å². The van der Waals surface area contributed by atoms with Gasteiger partial charge in [0.15, 0.2) is 5.78 Å². The lowest BCUT2D eigenvalue weighted by Gasteiger charge is -2.36. The molecule has 4 rings (SSSR count). The fourth-order valence-corrected chi connectivity index (χ4v) is 5.59. The third kappa shape index (κ3) is 4.69. The fourth-order valence-electron chi connectivity index (χ4n) is 4.11. The van der Waals surface area contributed by atoms with Gasteiger partial charge in [0.25, 0.3) is 0 Å². The monoisotopic (exact) mass is 467 g/mol. The first-order valence-corrected chi connectivity index (χ1v) is 12.7. The smallest absolute Gasteiger partial charge is 0.243 e. The summed E-state index contributed by atoms with van der Waals surface area (Å²) in [6.45, 7) is 9.34. The van der Waals surface area contributed by atoms with Crippen LogP contribution in [0.4, 0.5) is 11.5 Å². The van der Waals surface area contributed by atoms with Crippen molar-refractivity contribution >= 4 is 38.3 Å². The summed E-state index contributed by atoms with van der Waals surface area (Å²) in [7, 11) is -3.53. The van der Waals surface area contributed by atoms with Crippen LogP contribution in [0.1, 0.15) is 31.1 Å². The van der Waals surface area contributed by atoms with Gasteiger partial charge in [0.05, 0.1) is 22.1 Å². The van der Waals surface area contributed by atoms with Gasteiger partial charge >= 0.3 is 0 Å². The van der Waals surface area contributed by atoms with Crippen molar-refractivity contribution < 1.29 is 13.2 Å². The van der Waals surface area contributed by atoms with Crippen molar-refractivity contribution in [2.75, 3.05) is 49.1 Å². The molecule has 8 nitrogen and oxygen atoms in total. The van der Waals surface area contributed by atoms with Crippen LogP contribution >= 0.6 is 0 Å². The second-order valence-corrected chi connectivity index (χ2v) is 9.98. The van der Waals surface area contributed by atoms with Gasteiger partial charge in [0.2, 0.25) is 10.0 Å². The van der Waals surface area contributed by atoms with Crippen LogP contribution in [0.25, 0.3) is 11.0 Å². The van der Waals surface area contributed by atoms with E-state index in [9.17, 15) is 13.2 Å². The third-order valence-electron chi connectivity index (χ3n) is 6.09. The Morgan fingerprint density at radius 3 is 2.18 bits per heavy atom. The van der Waals surface area contributed by atoms with Crippen LogP contribution in [0.5, 0.6) is 0 Å². The summed E-state index contributed by atoms with van der Waals surface area (Å²) >= 11 is 0. The van der Waals surface area contributed by atoms with Crippen molar-refractivity contribution in [1.29, 1.82) is 0 Å². The molecule has 33 heavy (non-hydrogen) atoms. The Labute approximate surface area is 194 Å². The van der Waals surface area contributed by atoms with E-state index >= 15 is 0 Å². The summed E-state index contributed by atoms with van der Waals surface area (Å²) in [5, 5.41) is 0. The molecule has 0 unspecified atom stereocenters. The molecule has 0 N–H and O–H groups in total. The summed E-state index contributed by atoms with van der Waals surface area (Å²) in [4.78, 5) is 25.5. The molecular formula is C24H29N5O3S. The Bertz CT molecular complexity index is 1250. The van der Waals surface area contributed by atoms with Gasteiger partial charge in [0, 0.05) is 50.5 Å². The number of ketones is 1. The Morgan fingerprint density at radius 1 is 0.939 bits per heavy atom. The molecule has 174 valence electrons. The van der Waals surface area contributed by atoms with Crippen LogP contribution in [0.15, 0.2) is 53.6 Å². The van der Waals surface area contributed by atoms with E-state index in [1.54, 1.807) is 31.3 Å². The number of nitrogens with zero attached hydrogens (tertiary/aromatic N) is 5. The summed E-state index contributed by atoms with van der Waals surface area (Å²) in [6, 6.07) is 12.7. The topological polar surface area (TPSA) is 86.7 Å². The van der Waals surface area contributed by atoms with E-state index in [-0.39, 0.29) is 10.7 Å². The highest BCUT2D eigenvalue weighted by atomic mass is 32.2. The number of piperazine rings is 1. The first-order chi connectivity index (χ1) is 15.8. The molecule has 0 radical (unpaired) electrons. The lowest BCUT2D eigenvalue weighted by Crippen LogP contribution is -2.46. The van der Waals surface area contributed by atoms with Crippen LogP contribution < -0.4 is 9.80 Å². The van der Waals surface area contributed by atoms with Crippen molar-refractivity contribution in [2.45, 2.75) is 25.7 Å². The van der Waals surface area contributed by atoms with Crippen LogP contribution in [0.3, 0.4) is 0 Å². The van der Waals surface area contributed by atoms with Crippen LogP contribution in [0, 0.1) is 0 Å². The number of rotatable bonds is 7. The highest BCUT2D eigenvalue weighted by molar-refractivity contribution is 7.89. The molecule has 1 fully saturated rings. The number of sulfonamides is 1. The average molecular weight is 468 g/mol. The molecule has 9 heteroatoms. The highest BCUT2D eigenvalue weighted by Crippen LogP contribution is 2.24. The molecule has 2 heterocycles. The molecule has 0 amide bonds. The van der Waals surface area contributed by atoms with Crippen molar-refractivity contribution in [3.8, 4) is 0 Å². The second kappa shape index (κ2) is 9.44. The zero-order valence-electron chi connectivity index (χ0n) is 19.2. The largest absolute Gasteiger partial charge is 0.368 e. The molecule has 0 spiro atoms. The van der Waals surface area contributed by atoms with Gasteiger partial charge in [-0.05, 0) is 49.4 Å². The van der Waals surface area contributed by atoms with E-state index in [1.807, 2.05) is 38.1 Å². The molecule has 1 aliphatic heterocycles. The molecule has 1 aromatic heterocycles. The number of fused-ring (bicyclic) bond motifs is 1. The average Bonchev–Trinajstić information content (AvgIpc) is 2.84. The van der Waals surface area contributed by atoms with Gasteiger partial charge in [-0.15, -0.1) is 0 Å². The van der Waals surface area contributed by atoms with Crippen molar-refractivity contribution in [2.24, 2.45) is 0 Å². The molecule has 3 aromatic rings. The molecule has 0 saturated carbocycles. The van der Waals surface area contributed by atoms with Gasteiger partial charge in [-0.3, -0.25) is 9.78 Å². The summed E-state index contributed by atoms with van der Waals surface area (Å²) in [6.07, 6.45) is 1.72. The second-order valence-electron chi connectivity index (χ2n) is 8.05. The lowest BCUT2D eigenvalue weighted by molar-refractivity contribution is 0.101. The minimum absolute atomic E-state index is 0.0685. The number of carbonyl (C=O) groups excluding carboxylic acids is 1. The maximum atomic E-state index is 12.8. The summed E-state index contributed by atoms with van der Waals surface area (Å²) in [5.74, 6) is 0.854. The number of hydrogen-bond donors (Lipinski definition) is 0. The Morgan fingerprint density at radius 2 is 1.58 bits per heavy atom. The predicted octanol–water partition coefficient (Wildman–Crippen LogP) is 3.19. The third-order valence-corrected chi connectivity index (χ3v) is 8.13. The molecule has 1 saturated heterocycles. The van der Waals surface area contributed by atoms with Gasteiger partial charge in [0.1, 0.15) is 5.82 Å². The highest BCUT2D eigenvalue weighted by Gasteiger charge is 2.23. The van der Waals surface area contributed by atoms with Gasteiger partial charge in [-0.2, -0.15) is 4.31 Å². The number of anilines is 2. The standard InChI is InChI=1S/C24H29N5O3S/c1-4-29(5-2)33(31,32)21-10-11-22-23(16-21)25-17-24(26-22)28-14-12-27(13-15-28)20-8-6-19(7-9-20)18(3)30/h6-11,16-17H,4-5,12-15H2,1-3H3. The number of Topliss-reactive ketones (excluding diaryl/α,β-unsaturated/α-hetero) is 1. The predicted molar refractivity (Wildman–Crippen MR) is 131 cm³/mol. The van der Waals surface area contributed by atoms with E-state index in [0.717, 1.165) is 43.2 Å². The molecule has 0 atom stereocenters.